The monoisotopic (exact) mass is 385 g/mol. The van der Waals surface area contributed by atoms with Gasteiger partial charge in [0, 0.05) is 23.2 Å². The van der Waals surface area contributed by atoms with E-state index < -0.39 is 0 Å². The summed E-state index contributed by atoms with van der Waals surface area (Å²) in [6.07, 6.45) is 2.55. The number of nitrogens with zero attached hydrogens (tertiary/aromatic N) is 1. The summed E-state index contributed by atoms with van der Waals surface area (Å²) in [4.78, 5) is 15.8. The third kappa shape index (κ3) is 3.62. The number of ether oxygens (including phenoxy) is 3. The Kier molecular flexibility index (Phi) is 5.12. The molecular weight excluding hydrogens is 366 g/mol. The molecule has 1 aromatic heterocycles. The highest BCUT2D eigenvalue weighted by Crippen LogP contribution is 2.37. The number of pyridine rings is 1. The second-order valence-corrected chi connectivity index (χ2v) is 6.37. The summed E-state index contributed by atoms with van der Waals surface area (Å²) in [6, 6.07) is 20.6. The van der Waals surface area contributed by atoms with Gasteiger partial charge >= 0.3 is 0 Å². The molecule has 0 saturated heterocycles. The molecule has 0 amide bonds. The Morgan fingerprint density at radius 3 is 2.41 bits per heavy atom. The van der Waals surface area contributed by atoms with Crippen LogP contribution in [0.4, 0.5) is 0 Å². The second-order valence-electron chi connectivity index (χ2n) is 6.37. The number of carbonyl (C=O) groups is 1. The second kappa shape index (κ2) is 8.02. The summed E-state index contributed by atoms with van der Waals surface area (Å²) in [7, 11) is 3.18. The Hall–Kier alpha value is -3.86. The van der Waals surface area contributed by atoms with Gasteiger partial charge < -0.3 is 14.2 Å². The molecule has 144 valence electrons. The van der Waals surface area contributed by atoms with Crippen LogP contribution >= 0.6 is 0 Å². The van der Waals surface area contributed by atoms with Crippen molar-refractivity contribution in [1.29, 1.82) is 0 Å². The molecule has 0 saturated carbocycles. The number of hydrogen-bond acceptors (Lipinski definition) is 5. The SMILES string of the molecule is COc1cc2nccc(Oc3cccc(-c4ccccc4C=O)c3)c2cc1OC. The summed E-state index contributed by atoms with van der Waals surface area (Å²) in [5, 5.41) is 0.809. The van der Waals surface area contributed by atoms with Crippen molar-refractivity contribution in [3.63, 3.8) is 0 Å². The van der Waals surface area contributed by atoms with Crippen LogP contribution in [0, 0.1) is 0 Å². The minimum absolute atomic E-state index is 0.603. The number of aromatic nitrogens is 1. The Bertz CT molecular complexity index is 1190. The minimum atomic E-state index is 0.603. The molecule has 5 heteroatoms. The van der Waals surface area contributed by atoms with Crippen LogP contribution in [0.25, 0.3) is 22.0 Å². The fourth-order valence-corrected chi connectivity index (χ4v) is 3.25. The normalized spacial score (nSPS) is 10.6. The average molecular weight is 385 g/mol. The molecule has 0 fully saturated rings. The lowest BCUT2D eigenvalue weighted by Crippen LogP contribution is -1.93. The maximum atomic E-state index is 11.4. The molecule has 0 atom stereocenters. The highest BCUT2D eigenvalue weighted by molar-refractivity contribution is 5.89. The molecule has 0 aliphatic heterocycles. The predicted molar refractivity (Wildman–Crippen MR) is 112 cm³/mol. The zero-order chi connectivity index (χ0) is 20.2. The number of benzene rings is 3. The molecule has 0 bridgehead atoms. The molecule has 0 aliphatic rings. The molecule has 4 rings (SSSR count). The van der Waals surface area contributed by atoms with Gasteiger partial charge in [0.15, 0.2) is 17.8 Å². The van der Waals surface area contributed by atoms with E-state index in [-0.39, 0.29) is 0 Å². The molecule has 29 heavy (non-hydrogen) atoms. The first-order valence-electron chi connectivity index (χ1n) is 9.06. The van der Waals surface area contributed by atoms with Crippen LogP contribution in [0.5, 0.6) is 23.0 Å². The van der Waals surface area contributed by atoms with E-state index in [1.807, 2.05) is 54.6 Å². The Morgan fingerprint density at radius 1 is 0.828 bits per heavy atom. The number of fused-ring (bicyclic) bond motifs is 1. The number of carbonyl (C=O) groups excluding carboxylic acids is 1. The van der Waals surface area contributed by atoms with Gasteiger partial charge in [-0.25, -0.2) is 0 Å². The Morgan fingerprint density at radius 2 is 1.62 bits per heavy atom. The number of methoxy groups -OCH3 is 2. The molecule has 0 radical (unpaired) electrons. The number of rotatable bonds is 6. The lowest BCUT2D eigenvalue weighted by Gasteiger charge is -2.13. The molecule has 1 heterocycles. The van der Waals surface area contributed by atoms with Crippen LogP contribution in [0.3, 0.4) is 0 Å². The lowest BCUT2D eigenvalue weighted by molar-refractivity contribution is 0.112. The Labute approximate surface area is 168 Å². The van der Waals surface area contributed by atoms with E-state index in [4.69, 9.17) is 14.2 Å². The van der Waals surface area contributed by atoms with E-state index in [0.29, 0.717) is 28.6 Å². The third-order valence-electron chi connectivity index (χ3n) is 4.67. The molecule has 5 nitrogen and oxygen atoms in total. The zero-order valence-electron chi connectivity index (χ0n) is 16.1. The van der Waals surface area contributed by atoms with Crippen LogP contribution in [0.15, 0.2) is 72.9 Å². The predicted octanol–water partition coefficient (Wildman–Crippen LogP) is 5.52. The van der Waals surface area contributed by atoms with Crippen molar-refractivity contribution in [2.24, 2.45) is 0 Å². The first-order chi connectivity index (χ1) is 14.2. The van der Waals surface area contributed by atoms with Gasteiger partial charge in [0.1, 0.15) is 11.5 Å². The smallest absolute Gasteiger partial charge is 0.162 e. The minimum Gasteiger partial charge on any atom is -0.493 e. The van der Waals surface area contributed by atoms with Crippen LogP contribution in [0.2, 0.25) is 0 Å². The maximum absolute atomic E-state index is 11.4. The molecular formula is C24H19NO4. The van der Waals surface area contributed by atoms with Gasteiger partial charge in [-0.3, -0.25) is 9.78 Å². The van der Waals surface area contributed by atoms with Crippen molar-refractivity contribution >= 4 is 17.2 Å². The van der Waals surface area contributed by atoms with E-state index in [0.717, 1.165) is 28.3 Å². The fraction of sp³-hybridized carbons (Fsp3) is 0.0833. The molecule has 3 aromatic carbocycles. The quantitative estimate of drug-likeness (QED) is 0.409. The van der Waals surface area contributed by atoms with E-state index in [9.17, 15) is 4.79 Å². The van der Waals surface area contributed by atoms with Gasteiger partial charge in [-0.15, -0.1) is 0 Å². The van der Waals surface area contributed by atoms with Gasteiger partial charge in [0.05, 0.1) is 19.7 Å². The number of hydrogen-bond donors (Lipinski definition) is 0. The topological polar surface area (TPSA) is 57.7 Å². The summed E-state index contributed by atoms with van der Waals surface area (Å²) in [5.74, 6) is 2.52. The lowest BCUT2D eigenvalue weighted by atomic mass is 10.0. The van der Waals surface area contributed by atoms with Crippen molar-refractivity contribution in [3.05, 3.63) is 78.5 Å². The van der Waals surface area contributed by atoms with Crippen molar-refractivity contribution in [1.82, 2.24) is 4.98 Å². The molecule has 4 aromatic rings. The average Bonchev–Trinajstić information content (AvgIpc) is 2.78. The van der Waals surface area contributed by atoms with Crippen molar-refractivity contribution < 1.29 is 19.0 Å². The summed E-state index contributed by atoms with van der Waals surface area (Å²) in [5.41, 5.74) is 3.14. The first kappa shape index (κ1) is 18.5. The third-order valence-corrected chi connectivity index (χ3v) is 4.67. The van der Waals surface area contributed by atoms with Crippen LogP contribution in [0.1, 0.15) is 10.4 Å². The number of aldehydes is 1. The summed E-state index contributed by atoms with van der Waals surface area (Å²) >= 11 is 0. The van der Waals surface area contributed by atoms with E-state index in [2.05, 4.69) is 4.98 Å². The molecule has 0 aliphatic carbocycles. The summed E-state index contributed by atoms with van der Waals surface area (Å²) in [6.45, 7) is 0. The van der Waals surface area contributed by atoms with Crippen LogP contribution < -0.4 is 14.2 Å². The van der Waals surface area contributed by atoms with Gasteiger partial charge in [-0.2, -0.15) is 0 Å². The first-order valence-corrected chi connectivity index (χ1v) is 9.06. The maximum Gasteiger partial charge on any atom is 0.162 e. The standard InChI is InChI=1S/C24H19NO4/c1-27-23-13-20-21(14-24(23)28-2)25-11-10-22(20)29-18-8-5-7-16(12-18)19-9-4-3-6-17(19)15-26/h3-15H,1-2H3. The van der Waals surface area contributed by atoms with E-state index in [1.165, 1.54) is 0 Å². The fourth-order valence-electron chi connectivity index (χ4n) is 3.25. The molecule has 0 unspecified atom stereocenters. The zero-order valence-corrected chi connectivity index (χ0v) is 16.1. The largest absolute Gasteiger partial charge is 0.493 e. The highest BCUT2D eigenvalue weighted by Gasteiger charge is 2.12. The van der Waals surface area contributed by atoms with Crippen molar-refractivity contribution in [3.8, 4) is 34.1 Å². The van der Waals surface area contributed by atoms with Crippen LogP contribution in [-0.4, -0.2) is 25.5 Å². The van der Waals surface area contributed by atoms with Crippen molar-refractivity contribution in [2.75, 3.05) is 14.2 Å². The summed E-state index contributed by atoms with van der Waals surface area (Å²) < 4.78 is 16.9. The van der Waals surface area contributed by atoms with Gasteiger partial charge in [0.25, 0.3) is 0 Å². The van der Waals surface area contributed by atoms with E-state index in [1.54, 1.807) is 32.5 Å². The van der Waals surface area contributed by atoms with E-state index >= 15 is 0 Å². The van der Waals surface area contributed by atoms with Gasteiger partial charge in [0.2, 0.25) is 0 Å². The van der Waals surface area contributed by atoms with Gasteiger partial charge in [-0.1, -0.05) is 36.4 Å². The van der Waals surface area contributed by atoms with Crippen LogP contribution in [-0.2, 0) is 0 Å². The van der Waals surface area contributed by atoms with Gasteiger partial charge in [-0.05, 0) is 35.4 Å². The molecule has 0 spiro atoms. The highest BCUT2D eigenvalue weighted by atomic mass is 16.5. The van der Waals surface area contributed by atoms with Crippen molar-refractivity contribution in [2.45, 2.75) is 0 Å². The Balaban J connectivity index is 1.75. The molecule has 0 N–H and O–H groups in total.